The molecule has 0 radical (unpaired) electrons. The number of hydrogen-bond donors (Lipinski definition) is 3. The van der Waals surface area contributed by atoms with Crippen LogP contribution in [0.15, 0.2) is 6.33 Å². The van der Waals surface area contributed by atoms with Gasteiger partial charge in [0.2, 0.25) is 5.91 Å². The molecule has 1 heterocycles. The van der Waals surface area contributed by atoms with Crippen molar-refractivity contribution in [1.29, 1.82) is 0 Å². The first kappa shape index (κ1) is 15.2. The Morgan fingerprint density at radius 2 is 1.84 bits per heavy atom. The summed E-state index contributed by atoms with van der Waals surface area (Å²) < 4.78 is 0. The lowest BCUT2D eigenvalue weighted by Crippen LogP contribution is -2.39. The average Bonchev–Trinajstić information content (AvgIpc) is 2.39. The van der Waals surface area contributed by atoms with Crippen molar-refractivity contribution >= 4 is 17.5 Å². The van der Waals surface area contributed by atoms with Crippen molar-refractivity contribution in [2.75, 3.05) is 30.8 Å². The van der Waals surface area contributed by atoms with Crippen LogP contribution in [0.5, 0.6) is 0 Å². The van der Waals surface area contributed by atoms with Gasteiger partial charge in [0.05, 0.1) is 5.41 Å². The monoisotopic (exact) mass is 265 g/mol. The minimum atomic E-state index is -0.496. The van der Waals surface area contributed by atoms with Gasteiger partial charge in [-0.1, -0.05) is 0 Å². The highest BCUT2D eigenvalue weighted by Gasteiger charge is 2.26. The summed E-state index contributed by atoms with van der Waals surface area (Å²) in [6.45, 7) is 9.06. The fourth-order valence-corrected chi connectivity index (χ4v) is 1.70. The summed E-state index contributed by atoms with van der Waals surface area (Å²) in [5, 5.41) is 9.06. The lowest BCUT2D eigenvalue weighted by atomic mass is 9.92. The molecule has 0 aromatic carbocycles. The molecule has 6 heteroatoms. The van der Waals surface area contributed by atoms with Gasteiger partial charge in [-0.3, -0.25) is 4.79 Å². The molecule has 1 rings (SSSR count). The Hall–Kier alpha value is -1.85. The lowest BCUT2D eigenvalue weighted by Gasteiger charge is -2.23. The van der Waals surface area contributed by atoms with Crippen LogP contribution >= 0.6 is 0 Å². The molecule has 0 fully saturated rings. The second-order valence-electron chi connectivity index (χ2n) is 5.04. The molecule has 0 aliphatic rings. The molecule has 0 bridgehead atoms. The van der Waals surface area contributed by atoms with Gasteiger partial charge in [0.1, 0.15) is 18.0 Å². The Morgan fingerprint density at radius 3 is 2.37 bits per heavy atom. The van der Waals surface area contributed by atoms with Gasteiger partial charge in [0.25, 0.3) is 0 Å². The highest BCUT2D eigenvalue weighted by Crippen LogP contribution is 2.21. The molecule has 19 heavy (non-hydrogen) atoms. The van der Waals surface area contributed by atoms with Gasteiger partial charge in [-0.15, -0.1) is 0 Å². The van der Waals surface area contributed by atoms with E-state index in [4.69, 9.17) is 0 Å². The van der Waals surface area contributed by atoms with Crippen LogP contribution in [0.3, 0.4) is 0 Å². The minimum Gasteiger partial charge on any atom is -0.370 e. The van der Waals surface area contributed by atoms with E-state index >= 15 is 0 Å². The van der Waals surface area contributed by atoms with E-state index in [1.54, 1.807) is 7.05 Å². The van der Waals surface area contributed by atoms with E-state index in [9.17, 15) is 4.79 Å². The molecule has 6 nitrogen and oxygen atoms in total. The first-order valence-corrected chi connectivity index (χ1v) is 6.44. The Bertz CT molecular complexity index is 445. The molecule has 1 aromatic rings. The number of carbonyl (C=O) groups is 1. The van der Waals surface area contributed by atoms with Crippen LogP contribution in [0, 0.1) is 12.3 Å². The maximum Gasteiger partial charge on any atom is 0.227 e. The quantitative estimate of drug-likeness (QED) is 0.724. The minimum absolute atomic E-state index is 0.00128. The van der Waals surface area contributed by atoms with Crippen LogP contribution in [0.4, 0.5) is 11.6 Å². The van der Waals surface area contributed by atoms with E-state index in [1.165, 1.54) is 6.33 Å². The SMILES string of the molecule is CCNc1ncnc(NCC(C)(C)C(=O)NC)c1C. The molecule has 0 atom stereocenters. The van der Waals surface area contributed by atoms with Gasteiger partial charge in [-0.25, -0.2) is 9.97 Å². The predicted octanol–water partition coefficient (Wildman–Crippen LogP) is 1.40. The number of amides is 1. The molecule has 0 saturated heterocycles. The molecular formula is C13H23N5O. The van der Waals surface area contributed by atoms with Gasteiger partial charge >= 0.3 is 0 Å². The van der Waals surface area contributed by atoms with Gasteiger partial charge in [0, 0.05) is 25.7 Å². The van der Waals surface area contributed by atoms with Crippen LogP contribution in [-0.4, -0.2) is 36.0 Å². The maximum absolute atomic E-state index is 11.7. The zero-order valence-corrected chi connectivity index (χ0v) is 12.3. The first-order valence-electron chi connectivity index (χ1n) is 6.44. The number of aromatic nitrogens is 2. The Labute approximate surface area is 114 Å². The van der Waals surface area contributed by atoms with E-state index in [1.807, 2.05) is 27.7 Å². The third kappa shape index (κ3) is 3.81. The summed E-state index contributed by atoms with van der Waals surface area (Å²) >= 11 is 0. The number of nitrogens with zero attached hydrogens (tertiary/aromatic N) is 2. The summed E-state index contributed by atoms with van der Waals surface area (Å²) in [6, 6.07) is 0. The summed E-state index contributed by atoms with van der Waals surface area (Å²) in [6.07, 6.45) is 1.51. The highest BCUT2D eigenvalue weighted by molar-refractivity contribution is 5.82. The number of nitrogens with one attached hydrogen (secondary N) is 3. The molecule has 0 saturated carbocycles. The zero-order chi connectivity index (χ0) is 14.5. The van der Waals surface area contributed by atoms with Gasteiger partial charge in [0.15, 0.2) is 0 Å². The van der Waals surface area contributed by atoms with Gasteiger partial charge < -0.3 is 16.0 Å². The van der Waals surface area contributed by atoms with Crippen LogP contribution in [0.25, 0.3) is 0 Å². The van der Waals surface area contributed by atoms with Crippen molar-refractivity contribution in [3.63, 3.8) is 0 Å². The van der Waals surface area contributed by atoms with Crippen molar-refractivity contribution in [1.82, 2.24) is 15.3 Å². The molecular weight excluding hydrogens is 242 g/mol. The van der Waals surface area contributed by atoms with E-state index in [2.05, 4.69) is 25.9 Å². The lowest BCUT2D eigenvalue weighted by molar-refractivity contribution is -0.128. The third-order valence-corrected chi connectivity index (χ3v) is 2.97. The Morgan fingerprint density at radius 1 is 1.26 bits per heavy atom. The van der Waals surface area contributed by atoms with Crippen molar-refractivity contribution < 1.29 is 4.79 Å². The highest BCUT2D eigenvalue weighted by atomic mass is 16.2. The molecule has 1 aromatic heterocycles. The van der Waals surface area contributed by atoms with Crippen molar-refractivity contribution in [2.45, 2.75) is 27.7 Å². The topological polar surface area (TPSA) is 78.9 Å². The normalized spacial score (nSPS) is 11.0. The molecule has 106 valence electrons. The summed E-state index contributed by atoms with van der Waals surface area (Å²) in [5.74, 6) is 1.57. The average molecular weight is 265 g/mol. The van der Waals surface area contributed by atoms with Crippen LogP contribution in [0.2, 0.25) is 0 Å². The predicted molar refractivity (Wildman–Crippen MR) is 77.3 cm³/mol. The molecule has 1 amide bonds. The van der Waals surface area contributed by atoms with E-state index in [0.29, 0.717) is 6.54 Å². The summed E-state index contributed by atoms with van der Waals surface area (Å²) in [4.78, 5) is 20.1. The molecule has 0 aliphatic carbocycles. The third-order valence-electron chi connectivity index (χ3n) is 2.97. The van der Waals surface area contributed by atoms with Crippen molar-refractivity contribution in [3.8, 4) is 0 Å². The van der Waals surface area contributed by atoms with Crippen molar-refractivity contribution in [2.24, 2.45) is 5.41 Å². The second kappa shape index (κ2) is 6.36. The van der Waals surface area contributed by atoms with Crippen molar-refractivity contribution in [3.05, 3.63) is 11.9 Å². The first-order chi connectivity index (χ1) is 8.92. The largest absolute Gasteiger partial charge is 0.370 e. The molecule has 3 N–H and O–H groups in total. The Balaban J connectivity index is 2.78. The molecule has 0 spiro atoms. The van der Waals surface area contributed by atoms with E-state index in [-0.39, 0.29) is 5.91 Å². The smallest absolute Gasteiger partial charge is 0.227 e. The van der Waals surface area contributed by atoms with Gasteiger partial charge in [-0.2, -0.15) is 0 Å². The van der Waals surface area contributed by atoms with Gasteiger partial charge in [-0.05, 0) is 27.7 Å². The van der Waals surface area contributed by atoms with Crippen LogP contribution < -0.4 is 16.0 Å². The number of anilines is 2. The summed E-state index contributed by atoms with van der Waals surface area (Å²) in [5.41, 5.74) is 0.460. The second-order valence-corrected chi connectivity index (χ2v) is 5.04. The fraction of sp³-hybridized carbons (Fsp3) is 0.615. The van der Waals surface area contributed by atoms with E-state index in [0.717, 1.165) is 23.7 Å². The standard InChI is InChI=1S/C13H23N5O/c1-6-15-10-9(2)11(18-8-17-10)16-7-13(3,4)12(19)14-5/h8H,6-7H2,1-5H3,(H,14,19)(H2,15,16,17,18). The van der Waals surface area contributed by atoms with E-state index < -0.39 is 5.41 Å². The maximum atomic E-state index is 11.7. The molecule has 0 aliphatic heterocycles. The molecule has 0 unspecified atom stereocenters. The number of hydrogen-bond acceptors (Lipinski definition) is 5. The number of rotatable bonds is 6. The zero-order valence-electron chi connectivity index (χ0n) is 12.3. The Kier molecular flexibility index (Phi) is 5.09. The van der Waals surface area contributed by atoms with Crippen LogP contribution in [0.1, 0.15) is 26.3 Å². The fourth-order valence-electron chi connectivity index (χ4n) is 1.70. The number of carbonyl (C=O) groups excluding carboxylic acids is 1. The van der Waals surface area contributed by atoms with Crippen LogP contribution in [-0.2, 0) is 4.79 Å². The summed E-state index contributed by atoms with van der Waals surface area (Å²) in [7, 11) is 1.64.